The lowest BCUT2D eigenvalue weighted by molar-refractivity contribution is -0.150. The largest absolute Gasteiger partial charge is 0.352 e. The molecule has 0 radical (unpaired) electrons. The summed E-state index contributed by atoms with van der Waals surface area (Å²) in [5.74, 6) is -0.104. The first kappa shape index (κ1) is 14.1. The summed E-state index contributed by atoms with van der Waals surface area (Å²) in [6, 6.07) is 7.69. The molecule has 3 rings (SSSR count). The molecule has 2 heterocycles. The van der Waals surface area contributed by atoms with Crippen molar-refractivity contribution in [3.63, 3.8) is 0 Å². The van der Waals surface area contributed by atoms with E-state index in [2.05, 4.69) is 16.7 Å². The number of amides is 2. The van der Waals surface area contributed by atoms with Gasteiger partial charge in [0.15, 0.2) is 0 Å². The Morgan fingerprint density at radius 2 is 2.05 bits per heavy atom. The number of benzene rings is 1. The molecule has 0 aliphatic carbocycles. The van der Waals surface area contributed by atoms with Gasteiger partial charge < -0.3 is 15.5 Å². The number of rotatable bonds is 1. The Labute approximate surface area is 124 Å². The fraction of sp³-hybridized carbons (Fsp3) is 0.500. The standard InChI is InChI=1S/C16H21N3O2/c1-16(2)15(21)18-9-10-19(16)14(20)13-12-6-4-3-5-11(12)7-8-17-13/h3-6,13,17H,7-10H2,1-2H3,(H,18,21). The molecule has 1 unspecified atom stereocenters. The highest BCUT2D eigenvalue weighted by Gasteiger charge is 2.43. The molecule has 1 saturated heterocycles. The van der Waals surface area contributed by atoms with E-state index in [4.69, 9.17) is 0 Å². The summed E-state index contributed by atoms with van der Waals surface area (Å²) in [7, 11) is 0. The number of nitrogens with one attached hydrogen (secondary N) is 2. The zero-order chi connectivity index (χ0) is 15.0. The van der Waals surface area contributed by atoms with Crippen LogP contribution in [-0.2, 0) is 16.0 Å². The van der Waals surface area contributed by atoms with Crippen LogP contribution in [0.4, 0.5) is 0 Å². The molecule has 2 amide bonds. The van der Waals surface area contributed by atoms with E-state index in [9.17, 15) is 9.59 Å². The van der Waals surface area contributed by atoms with Crippen LogP contribution in [0, 0.1) is 0 Å². The number of hydrogen-bond acceptors (Lipinski definition) is 3. The molecule has 5 heteroatoms. The van der Waals surface area contributed by atoms with Gasteiger partial charge in [-0.1, -0.05) is 24.3 Å². The first-order chi connectivity index (χ1) is 10.0. The van der Waals surface area contributed by atoms with Gasteiger partial charge in [0.1, 0.15) is 11.6 Å². The third-order valence-corrected chi connectivity index (χ3v) is 4.47. The number of hydrogen-bond donors (Lipinski definition) is 2. The van der Waals surface area contributed by atoms with E-state index in [0.29, 0.717) is 13.1 Å². The summed E-state index contributed by atoms with van der Waals surface area (Å²) < 4.78 is 0. The molecule has 5 nitrogen and oxygen atoms in total. The van der Waals surface area contributed by atoms with Crippen molar-refractivity contribution in [2.75, 3.05) is 19.6 Å². The van der Waals surface area contributed by atoms with Gasteiger partial charge in [0, 0.05) is 19.6 Å². The van der Waals surface area contributed by atoms with Crippen molar-refractivity contribution in [3.8, 4) is 0 Å². The second-order valence-corrected chi connectivity index (χ2v) is 6.14. The molecule has 1 aromatic carbocycles. The van der Waals surface area contributed by atoms with Crippen molar-refractivity contribution < 1.29 is 9.59 Å². The Kier molecular flexibility index (Phi) is 3.45. The molecule has 21 heavy (non-hydrogen) atoms. The maximum Gasteiger partial charge on any atom is 0.245 e. The van der Waals surface area contributed by atoms with E-state index in [1.165, 1.54) is 5.56 Å². The molecule has 0 aromatic heterocycles. The summed E-state index contributed by atoms with van der Waals surface area (Å²) >= 11 is 0. The highest BCUT2D eigenvalue weighted by molar-refractivity contribution is 5.94. The Balaban J connectivity index is 1.91. The topological polar surface area (TPSA) is 61.4 Å². The first-order valence-electron chi connectivity index (χ1n) is 7.43. The SMILES string of the molecule is CC1(C)C(=O)NCCN1C(=O)C1NCCc2ccccc21. The molecular weight excluding hydrogens is 266 g/mol. The van der Waals surface area contributed by atoms with Crippen LogP contribution in [0.15, 0.2) is 24.3 Å². The molecule has 1 atom stereocenters. The summed E-state index contributed by atoms with van der Waals surface area (Å²) in [6.45, 7) is 5.45. The molecule has 0 saturated carbocycles. The van der Waals surface area contributed by atoms with Crippen molar-refractivity contribution in [2.24, 2.45) is 0 Å². The van der Waals surface area contributed by atoms with Gasteiger partial charge in [-0.3, -0.25) is 9.59 Å². The van der Waals surface area contributed by atoms with Crippen LogP contribution >= 0.6 is 0 Å². The fourth-order valence-electron chi connectivity index (χ4n) is 3.17. The van der Waals surface area contributed by atoms with E-state index in [0.717, 1.165) is 18.5 Å². The minimum absolute atomic E-state index is 0.0120. The normalized spacial score (nSPS) is 24.2. The number of nitrogens with zero attached hydrogens (tertiary/aromatic N) is 1. The van der Waals surface area contributed by atoms with Crippen LogP contribution in [0.1, 0.15) is 31.0 Å². The fourth-order valence-corrected chi connectivity index (χ4v) is 3.17. The minimum Gasteiger partial charge on any atom is -0.352 e. The zero-order valence-corrected chi connectivity index (χ0v) is 12.5. The van der Waals surface area contributed by atoms with E-state index in [-0.39, 0.29) is 17.9 Å². The summed E-state index contributed by atoms with van der Waals surface area (Å²) in [4.78, 5) is 26.7. The molecule has 112 valence electrons. The molecule has 2 aliphatic rings. The van der Waals surface area contributed by atoms with Crippen molar-refractivity contribution in [1.82, 2.24) is 15.5 Å². The van der Waals surface area contributed by atoms with Crippen molar-refractivity contribution in [3.05, 3.63) is 35.4 Å². The van der Waals surface area contributed by atoms with E-state index < -0.39 is 5.54 Å². The molecule has 2 aliphatic heterocycles. The van der Waals surface area contributed by atoms with Crippen molar-refractivity contribution >= 4 is 11.8 Å². The zero-order valence-electron chi connectivity index (χ0n) is 12.5. The molecule has 2 N–H and O–H groups in total. The van der Waals surface area contributed by atoms with Crippen molar-refractivity contribution in [2.45, 2.75) is 31.8 Å². The average molecular weight is 287 g/mol. The second-order valence-electron chi connectivity index (χ2n) is 6.14. The number of fused-ring (bicyclic) bond motifs is 1. The number of piperazine rings is 1. The van der Waals surface area contributed by atoms with Gasteiger partial charge in [-0.2, -0.15) is 0 Å². The van der Waals surface area contributed by atoms with Gasteiger partial charge in [-0.25, -0.2) is 0 Å². The third kappa shape index (κ3) is 2.31. The average Bonchev–Trinajstić information content (AvgIpc) is 2.49. The third-order valence-electron chi connectivity index (χ3n) is 4.47. The van der Waals surface area contributed by atoms with Crippen LogP contribution < -0.4 is 10.6 Å². The molecule has 1 fully saturated rings. The van der Waals surface area contributed by atoms with E-state index in [1.54, 1.807) is 18.7 Å². The van der Waals surface area contributed by atoms with Crippen molar-refractivity contribution in [1.29, 1.82) is 0 Å². The lowest BCUT2D eigenvalue weighted by atomic mass is 9.91. The van der Waals surface area contributed by atoms with Crippen LogP contribution in [0.3, 0.4) is 0 Å². The molecule has 0 spiro atoms. The number of carbonyl (C=O) groups is 2. The predicted octanol–water partition coefficient (Wildman–Crippen LogP) is 0.610. The van der Waals surface area contributed by atoms with Crippen LogP contribution in [0.2, 0.25) is 0 Å². The summed E-state index contributed by atoms with van der Waals surface area (Å²) in [5.41, 5.74) is 1.45. The Morgan fingerprint density at radius 3 is 2.86 bits per heavy atom. The highest BCUT2D eigenvalue weighted by atomic mass is 16.2. The quantitative estimate of drug-likeness (QED) is 0.795. The van der Waals surface area contributed by atoms with Gasteiger partial charge in [0.05, 0.1) is 0 Å². The van der Waals surface area contributed by atoms with Gasteiger partial charge >= 0.3 is 0 Å². The van der Waals surface area contributed by atoms with Crippen LogP contribution in [-0.4, -0.2) is 41.9 Å². The lowest BCUT2D eigenvalue weighted by Gasteiger charge is -2.43. The molecule has 0 bridgehead atoms. The van der Waals surface area contributed by atoms with Gasteiger partial charge in [-0.15, -0.1) is 0 Å². The monoisotopic (exact) mass is 287 g/mol. The first-order valence-corrected chi connectivity index (χ1v) is 7.43. The highest BCUT2D eigenvalue weighted by Crippen LogP contribution is 2.28. The summed E-state index contributed by atoms with van der Waals surface area (Å²) in [5, 5.41) is 6.13. The molecular formula is C16H21N3O2. The minimum atomic E-state index is -0.802. The second kappa shape index (κ2) is 5.15. The van der Waals surface area contributed by atoms with E-state index in [1.807, 2.05) is 18.2 Å². The van der Waals surface area contributed by atoms with Gasteiger partial charge in [0.25, 0.3) is 0 Å². The maximum atomic E-state index is 13.0. The lowest BCUT2D eigenvalue weighted by Crippen LogP contribution is -2.65. The van der Waals surface area contributed by atoms with E-state index >= 15 is 0 Å². The Hall–Kier alpha value is -1.88. The van der Waals surface area contributed by atoms with Gasteiger partial charge in [-0.05, 0) is 31.4 Å². The van der Waals surface area contributed by atoms with Crippen LogP contribution in [0.25, 0.3) is 0 Å². The Morgan fingerprint density at radius 1 is 1.29 bits per heavy atom. The maximum absolute atomic E-state index is 13.0. The number of carbonyl (C=O) groups excluding carboxylic acids is 2. The smallest absolute Gasteiger partial charge is 0.245 e. The van der Waals surface area contributed by atoms with Crippen LogP contribution in [0.5, 0.6) is 0 Å². The summed E-state index contributed by atoms with van der Waals surface area (Å²) in [6.07, 6.45) is 0.934. The Bertz CT molecular complexity index is 583. The predicted molar refractivity (Wildman–Crippen MR) is 79.7 cm³/mol. The van der Waals surface area contributed by atoms with Gasteiger partial charge in [0.2, 0.25) is 11.8 Å². The molecule has 1 aromatic rings.